The summed E-state index contributed by atoms with van der Waals surface area (Å²) >= 11 is 6.09. The summed E-state index contributed by atoms with van der Waals surface area (Å²) in [6.07, 6.45) is 3.92. The highest BCUT2D eigenvalue weighted by atomic mass is 35.5. The van der Waals surface area contributed by atoms with E-state index in [-0.39, 0.29) is 11.9 Å². The Labute approximate surface area is 171 Å². The molecule has 0 aliphatic heterocycles. The fourth-order valence-corrected chi connectivity index (χ4v) is 5.19. The van der Waals surface area contributed by atoms with E-state index in [0.29, 0.717) is 10.7 Å². The van der Waals surface area contributed by atoms with Crippen LogP contribution in [0, 0.1) is 6.92 Å². The molecule has 2 aromatic carbocycles. The predicted octanol–water partition coefficient (Wildman–Crippen LogP) is 4.00. The van der Waals surface area contributed by atoms with E-state index in [4.69, 9.17) is 11.6 Å². The Morgan fingerprint density at radius 2 is 1.96 bits per heavy atom. The molecule has 1 aliphatic carbocycles. The summed E-state index contributed by atoms with van der Waals surface area (Å²) in [4.78, 5) is 13.0. The van der Waals surface area contributed by atoms with Crippen molar-refractivity contribution in [1.29, 1.82) is 0 Å². The van der Waals surface area contributed by atoms with Crippen molar-refractivity contribution >= 4 is 33.2 Å². The van der Waals surface area contributed by atoms with Gasteiger partial charge in [-0.25, -0.2) is 8.42 Å². The highest BCUT2D eigenvalue weighted by Gasteiger charge is 2.32. The van der Waals surface area contributed by atoms with Gasteiger partial charge in [0, 0.05) is 5.02 Å². The molecule has 0 fully saturated rings. The lowest BCUT2D eigenvalue weighted by Gasteiger charge is -2.32. The van der Waals surface area contributed by atoms with Gasteiger partial charge in [-0.2, -0.15) is 0 Å². The standard InChI is InChI=1S/C21H25ClN2O3S/c1-14-11-12-17(22)13-20(14)24(28(3,26)27)15(2)21(25)23-19-10-6-8-16-7-4-5-9-18(16)19/h4-5,7,9,11-13,15,19H,6,8,10H2,1-3H3,(H,23,25)/t15-,19-/m0/s1. The Kier molecular flexibility index (Phi) is 6.01. The fourth-order valence-electron chi connectivity index (χ4n) is 3.80. The van der Waals surface area contributed by atoms with Gasteiger partial charge in [-0.1, -0.05) is 41.9 Å². The van der Waals surface area contributed by atoms with Crippen molar-refractivity contribution in [2.24, 2.45) is 0 Å². The number of amides is 1. The number of nitrogens with zero attached hydrogens (tertiary/aromatic N) is 1. The van der Waals surface area contributed by atoms with Crippen LogP contribution in [0.1, 0.15) is 42.5 Å². The Morgan fingerprint density at radius 1 is 1.25 bits per heavy atom. The van der Waals surface area contributed by atoms with E-state index in [2.05, 4.69) is 11.4 Å². The second-order valence-electron chi connectivity index (χ2n) is 7.32. The highest BCUT2D eigenvalue weighted by molar-refractivity contribution is 7.92. The number of halogens is 1. The van der Waals surface area contributed by atoms with Crippen molar-refractivity contribution in [3.8, 4) is 0 Å². The zero-order valence-electron chi connectivity index (χ0n) is 16.3. The predicted molar refractivity (Wildman–Crippen MR) is 113 cm³/mol. The molecule has 0 saturated heterocycles. The number of fused-ring (bicyclic) bond motifs is 1. The van der Waals surface area contributed by atoms with Crippen LogP contribution in [0.3, 0.4) is 0 Å². The second kappa shape index (κ2) is 8.13. The first kappa shape index (κ1) is 20.7. The molecule has 2 atom stereocenters. The Bertz CT molecular complexity index is 991. The molecule has 1 amide bonds. The summed E-state index contributed by atoms with van der Waals surface area (Å²) in [7, 11) is -3.69. The van der Waals surface area contributed by atoms with Gasteiger partial charge in [0.25, 0.3) is 0 Å². The average molecular weight is 421 g/mol. The van der Waals surface area contributed by atoms with Gasteiger partial charge in [0.15, 0.2) is 0 Å². The molecule has 0 radical (unpaired) electrons. The minimum Gasteiger partial charge on any atom is -0.347 e. The van der Waals surface area contributed by atoms with E-state index >= 15 is 0 Å². The number of benzene rings is 2. The zero-order chi connectivity index (χ0) is 20.5. The summed E-state index contributed by atoms with van der Waals surface area (Å²) in [5, 5.41) is 3.47. The molecule has 0 saturated carbocycles. The molecule has 0 unspecified atom stereocenters. The molecule has 1 aliphatic rings. The first-order valence-corrected chi connectivity index (χ1v) is 11.5. The third kappa shape index (κ3) is 4.33. The molecular weight excluding hydrogens is 396 g/mol. The van der Waals surface area contributed by atoms with Gasteiger partial charge >= 0.3 is 0 Å². The van der Waals surface area contributed by atoms with Crippen LogP contribution in [0.15, 0.2) is 42.5 Å². The SMILES string of the molecule is Cc1ccc(Cl)cc1N([C@@H](C)C(=O)N[C@H]1CCCc2ccccc21)S(C)(=O)=O. The molecule has 28 heavy (non-hydrogen) atoms. The minimum absolute atomic E-state index is 0.109. The zero-order valence-corrected chi connectivity index (χ0v) is 17.8. The lowest BCUT2D eigenvalue weighted by molar-refractivity contribution is -0.122. The molecule has 3 rings (SSSR count). The van der Waals surface area contributed by atoms with Gasteiger partial charge in [-0.3, -0.25) is 9.10 Å². The van der Waals surface area contributed by atoms with Crippen LogP contribution in [-0.4, -0.2) is 26.6 Å². The molecule has 150 valence electrons. The van der Waals surface area contributed by atoms with Crippen LogP contribution in [0.2, 0.25) is 5.02 Å². The van der Waals surface area contributed by atoms with Crippen LogP contribution in [0.5, 0.6) is 0 Å². The number of nitrogens with one attached hydrogen (secondary N) is 1. The molecule has 0 aromatic heterocycles. The monoisotopic (exact) mass is 420 g/mol. The number of carbonyl (C=O) groups excluding carboxylic acids is 1. The minimum atomic E-state index is -3.69. The number of aryl methyl sites for hydroxylation is 2. The summed E-state index contributed by atoms with van der Waals surface area (Å²) in [6, 6.07) is 12.1. The number of carbonyl (C=O) groups is 1. The first-order chi connectivity index (χ1) is 13.2. The number of hydrogen-bond donors (Lipinski definition) is 1. The molecule has 0 heterocycles. The summed E-state index contributed by atoms with van der Waals surface area (Å²) < 4.78 is 26.2. The molecular formula is C21H25ClN2O3S. The van der Waals surface area contributed by atoms with Crippen molar-refractivity contribution in [3.05, 3.63) is 64.2 Å². The van der Waals surface area contributed by atoms with Crippen molar-refractivity contribution in [2.75, 3.05) is 10.6 Å². The maximum absolute atomic E-state index is 13.0. The molecule has 0 bridgehead atoms. The van der Waals surface area contributed by atoms with Crippen molar-refractivity contribution in [2.45, 2.75) is 45.2 Å². The van der Waals surface area contributed by atoms with E-state index in [1.807, 2.05) is 18.2 Å². The molecule has 7 heteroatoms. The number of anilines is 1. The fraction of sp³-hybridized carbons (Fsp3) is 0.381. The van der Waals surface area contributed by atoms with E-state index in [1.165, 1.54) is 5.56 Å². The number of hydrogen-bond acceptors (Lipinski definition) is 3. The number of sulfonamides is 1. The highest BCUT2D eigenvalue weighted by Crippen LogP contribution is 2.31. The molecule has 2 aromatic rings. The van der Waals surface area contributed by atoms with Crippen LogP contribution in [0.25, 0.3) is 0 Å². The maximum atomic E-state index is 13.0. The van der Waals surface area contributed by atoms with E-state index in [0.717, 1.165) is 41.0 Å². The van der Waals surface area contributed by atoms with Crippen molar-refractivity contribution < 1.29 is 13.2 Å². The van der Waals surface area contributed by atoms with E-state index in [9.17, 15) is 13.2 Å². The van der Waals surface area contributed by atoms with Gasteiger partial charge in [0.2, 0.25) is 15.9 Å². The largest absolute Gasteiger partial charge is 0.347 e. The Morgan fingerprint density at radius 3 is 2.68 bits per heavy atom. The Balaban J connectivity index is 1.89. The summed E-state index contributed by atoms with van der Waals surface area (Å²) in [5.74, 6) is -0.327. The van der Waals surface area contributed by atoms with E-state index < -0.39 is 16.1 Å². The smallest absolute Gasteiger partial charge is 0.244 e. The third-order valence-corrected chi connectivity index (χ3v) is 6.65. The number of rotatable bonds is 5. The molecule has 1 N–H and O–H groups in total. The van der Waals surface area contributed by atoms with Crippen molar-refractivity contribution in [1.82, 2.24) is 5.32 Å². The lowest BCUT2D eigenvalue weighted by Crippen LogP contribution is -2.49. The van der Waals surface area contributed by atoms with Crippen LogP contribution < -0.4 is 9.62 Å². The average Bonchev–Trinajstić information content (AvgIpc) is 2.64. The summed E-state index contributed by atoms with van der Waals surface area (Å²) in [5.41, 5.74) is 3.50. The van der Waals surface area contributed by atoms with E-state index in [1.54, 1.807) is 32.0 Å². The van der Waals surface area contributed by atoms with Gasteiger partial charge in [0.05, 0.1) is 18.0 Å². The van der Waals surface area contributed by atoms with Crippen LogP contribution in [0.4, 0.5) is 5.69 Å². The Hall–Kier alpha value is -2.05. The van der Waals surface area contributed by atoms with Crippen LogP contribution in [-0.2, 0) is 21.2 Å². The quantitative estimate of drug-likeness (QED) is 0.795. The topological polar surface area (TPSA) is 66.5 Å². The third-order valence-electron chi connectivity index (χ3n) is 5.18. The second-order valence-corrected chi connectivity index (χ2v) is 9.61. The van der Waals surface area contributed by atoms with Gasteiger partial charge in [-0.15, -0.1) is 0 Å². The van der Waals surface area contributed by atoms with Gasteiger partial charge < -0.3 is 5.32 Å². The normalized spacial score (nSPS) is 17.5. The maximum Gasteiger partial charge on any atom is 0.244 e. The lowest BCUT2D eigenvalue weighted by atomic mass is 9.87. The molecule has 5 nitrogen and oxygen atoms in total. The first-order valence-electron chi connectivity index (χ1n) is 9.32. The van der Waals surface area contributed by atoms with Gasteiger partial charge in [-0.05, 0) is 61.9 Å². The molecule has 0 spiro atoms. The van der Waals surface area contributed by atoms with Gasteiger partial charge in [0.1, 0.15) is 6.04 Å². The van der Waals surface area contributed by atoms with Crippen molar-refractivity contribution in [3.63, 3.8) is 0 Å². The van der Waals surface area contributed by atoms with Crippen LogP contribution >= 0.6 is 11.6 Å². The summed E-state index contributed by atoms with van der Waals surface area (Å²) in [6.45, 7) is 3.40.